The SMILES string of the molecule is O=C(c1ccc(Br)cc1)c1ccc(C(F)(F)F)n2c1nc1ccccc12. The van der Waals surface area contributed by atoms with E-state index < -0.39 is 11.9 Å². The fraction of sp³-hybridized carbons (Fsp3) is 0.0526. The van der Waals surface area contributed by atoms with Crippen LogP contribution >= 0.6 is 15.9 Å². The van der Waals surface area contributed by atoms with Crippen LogP contribution in [0.5, 0.6) is 0 Å². The smallest absolute Gasteiger partial charge is 0.288 e. The van der Waals surface area contributed by atoms with Gasteiger partial charge in [0.2, 0.25) is 0 Å². The normalized spacial score (nSPS) is 12.0. The molecule has 0 atom stereocenters. The predicted octanol–water partition coefficient (Wildman–Crippen LogP) is 5.50. The third-order valence-corrected chi connectivity index (χ3v) is 4.62. The monoisotopic (exact) mass is 418 g/mol. The average Bonchev–Trinajstić information content (AvgIpc) is 2.99. The minimum atomic E-state index is -4.57. The molecule has 0 saturated heterocycles. The summed E-state index contributed by atoms with van der Waals surface area (Å²) < 4.78 is 42.3. The zero-order valence-corrected chi connectivity index (χ0v) is 14.7. The molecule has 0 aliphatic heterocycles. The maximum Gasteiger partial charge on any atom is 0.431 e. The van der Waals surface area contributed by atoms with Crippen molar-refractivity contribution in [2.24, 2.45) is 0 Å². The van der Waals surface area contributed by atoms with Gasteiger partial charge in [-0.3, -0.25) is 9.20 Å². The third-order valence-electron chi connectivity index (χ3n) is 4.09. The number of imidazole rings is 1. The van der Waals surface area contributed by atoms with Gasteiger partial charge in [-0.25, -0.2) is 4.98 Å². The molecule has 130 valence electrons. The second kappa shape index (κ2) is 5.95. The number of rotatable bonds is 2. The van der Waals surface area contributed by atoms with Crippen LogP contribution < -0.4 is 0 Å². The van der Waals surface area contributed by atoms with Crippen molar-refractivity contribution in [2.75, 3.05) is 0 Å². The highest BCUT2D eigenvalue weighted by atomic mass is 79.9. The summed E-state index contributed by atoms with van der Waals surface area (Å²) in [4.78, 5) is 17.1. The Balaban J connectivity index is 2.03. The third kappa shape index (κ3) is 2.68. The molecule has 0 saturated carbocycles. The van der Waals surface area contributed by atoms with Crippen LogP contribution in [0, 0.1) is 0 Å². The number of hydrogen-bond donors (Lipinski definition) is 0. The lowest BCUT2D eigenvalue weighted by atomic mass is 10.0. The van der Waals surface area contributed by atoms with Crippen molar-refractivity contribution in [3.05, 3.63) is 82.0 Å². The van der Waals surface area contributed by atoms with Gasteiger partial charge in [0.15, 0.2) is 5.78 Å². The van der Waals surface area contributed by atoms with Gasteiger partial charge in [-0.2, -0.15) is 13.2 Å². The molecule has 7 heteroatoms. The van der Waals surface area contributed by atoms with Crippen molar-refractivity contribution in [2.45, 2.75) is 6.18 Å². The number of benzene rings is 2. The maximum absolute atomic E-state index is 13.5. The summed E-state index contributed by atoms with van der Waals surface area (Å²) in [6.07, 6.45) is -4.57. The van der Waals surface area contributed by atoms with E-state index >= 15 is 0 Å². The highest BCUT2D eigenvalue weighted by molar-refractivity contribution is 9.10. The Hall–Kier alpha value is -2.67. The van der Waals surface area contributed by atoms with E-state index in [0.29, 0.717) is 16.6 Å². The van der Waals surface area contributed by atoms with Gasteiger partial charge in [0.05, 0.1) is 16.6 Å². The maximum atomic E-state index is 13.5. The lowest BCUT2D eigenvalue weighted by Gasteiger charge is -2.12. The highest BCUT2D eigenvalue weighted by Gasteiger charge is 2.35. The molecule has 0 spiro atoms. The molecule has 4 rings (SSSR count). The van der Waals surface area contributed by atoms with Crippen LogP contribution in [0.3, 0.4) is 0 Å². The Labute approximate surface area is 154 Å². The van der Waals surface area contributed by atoms with Crippen molar-refractivity contribution < 1.29 is 18.0 Å². The number of pyridine rings is 1. The van der Waals surface area contributed by atoms with Gasteiger partial charge in [0, 0.05) is 10.0 Å². The van der Waals surface area contributed by atoms with Gasteiger partial charge in [0.1, 0.15) is 11.3 Å². The van der Waals surface area contributed by atoms with Gasteiger partial charge in [-0.1, -0.05) is 28.1 Å². The van der Waals surface area contributed by atoms with Gasteiger partial charge >= 0.3 is 6.18 Å². The van der Waals surface area contributed by atoms with Crippen molar-refractivity contribution in [1.82, 2.24) is 9.38 Å². The molecule has 0 fully saturated rings. The van der Waals surface area contributed by atoms with Gasteiger partial charge in [-0.05, 0) is 48.5 Å². The van der Waals surface area contributed by atoms with Crippen molar-refractivity contribution >= 4 is 38.4 Å². The minimum Gasteiger partial charge on any atom is -0.288 e. The minimum absolute atomic E-state index is 0.00561. The van der Waals surface area contributed by atoms with E-state index in [1.165, 1.54) is 6.07 Å². The number of carbonyl (C=O) groups excluding carboxylic acids is 1. The van der Waals surface area contributed by atoms with Crippen LogP contribution in [-0.4, -0.2) is 15.2 Å². The summed E-state index contributed by atoms with van der Waals surface area (Å²) >= 11 is 3.29. The lowest BCUT2D eigenvalue weighted by molar-refractivity contribution is -0.141. The number of ketones is 1. The first-order valence-electron chi connectivity index (χ1n) is 7.64. The van der Waals surface area contributed by atoms with E-state index in [-0.39, 0.29) is 17.0 Å². The Bertz CT molecular complexity index is 1150. The lowest BCUT2D eigenvalue weighted by Crippen LogP contribution is -2.14. The number of para-hydroxylation sites is 2. The van der Waals surface area contributed by atoms with Crippen LogP contribution in [0.15, 0.2) is 65.1 Å². The molecule has 2 heterocycles. The zero-order valence-electron chi connectivity index (χ0n) is 13.1. The summed E-state index contributed by atoms with van der Waals surface area (Å²) in [6, 6.07) is 15.3. The van der Waals surface area contributed by atoms with Crippen LogP contribution in [0.4, 0.5) is 13.2 Å². The number of hydrogen-bond acceptors (Lipinski definition) is 2. The summed E-state index contributed by atoms with van der Waals surface area (Å²) in [5.41, 5.74) is 0.329. The van der Waals surface area contributed by atoms with E-state index in [1.54, 1.807) is 48.5 Å². The molecule has 0 amide bonds. The second-order valence-corrected chi connectivity index (χ2v) is 6.64. The summed E-state index contributed by atoms with van der Waals surface area (Å²) in [6.45, 7) is 0. The topological polar surface area (TPSA) is 34.4 Å². The molecule has 0 aliphatic carbocycles. The summed E-state index contributed by atoms with van der Waals surface area (Å²) in [5.74, 6) is -0.383. The summed E-state index contributed by atoms with van der Waals surface area (Å²) in [7, 11) is 0. The van der Waals surface area contributed by atoms with E-state index in [0.717, 1.165) is 14.9 Å². The molecule has 4 aromatic rings. The standard InChI is InChI=1S/C19H10BrF3N2O/c20-12-7-5-11(6-8-12)17(26)13-9-10-16(19(21,22)23)25-15-4-2-1-3-14(15)24-18(13)25/h1-10H. The van der Waals surface area contributed by atoms with Crippen LogP contribution in [-0.2, 0) is 6.18 Å². The summed E-state index contributed by atoms with van der Waals surface area (Å²) in [5, 5.41) is 0. The number of aromatic nitrogens is 2. The molecular formula is C19H10BrF3N2O. The largest absolute Gasteiger partial charge is 0.431 e. The quantitative estimate of drug-likeness (QED) is 0.402. The Kier molecular flexibility index (Phi) is 3.84. The fourth-order valence-corrected chi connectivity index (χ4v) is 3.18. The molecular weight excluding hydrogens is 409 g/mol. The molecule has 2 aromatic heterocycles. The first-order valence-corrected chi connectivity index (χ1v) is 8.43. The Morgan fingerprint density at radius 2 is 1.65 bits per heavy atom. The number of fused-ring (bicyclic) bond motifs is 3. The Morgan fingerprint density at radius 3 is 2.35 bits per heavy atom. The van der Waals surface area contributed by atoms with Crippen LogP contribution in [0.1, 0.15) is 21.6 Å². The molecule has 0 N–H and O–H groups in total. The van der Waals surface area contributed by atoms with E-state index in [1.807, 2.05) is 0 Å². The van der Waals surface area contributed by atoms with Crippen molar-refractivity contribution in [1.29, 1.82) is 0 Å². The molecule has 0 aliphatic rings. The average molecular weight is 419 g/mol. The molecule has 0 unspecified atom stereocenters. The second-order valence-electron chi connectivity index (χ2n) is 5.73. The van der Waals surface area contributed by atoms with E-state index in [9.17, 15) is 18.0 Å². The molecule has 0 bridgehead atoms. The molecule has 26 heavy (non-hydrogen) atoms. The van der Waals surface area contributed by atoms with Crippen molar-refractivity contribution in [3.8, 4) is 0 Å². The molecule has 0 radical (unpaired) electrons. The molecule has 3 nitrogen and oxygen atoms in total. The highest BCUT2D eigenvalue weighted by Crippen LogP contribution is 2.33. The molecule has 2 aromatic carbocycles. The van der Waals surface area contributed by atoms with Crippen LogP contribution in [0.25, 0.3) is 16.7 Å². The van der Waals surface area contributed by atoms with Gasteiger partial charge in [-0.15, -0.1) is 0 Å². The number of nitrogens with zero attached hydrogens (tertiary/aromatic N) is 2. The first-order chi connectivity index (χ1) is 12.4. The van der Waals surface area contributed by atoms with Crippen LogP contribution in [0.2, 0.25) is 0 Å². The van der Waals surface area contributed by atoms with E-state index in [4.69, 9.17) is 0 Å². The number of halogens is 4. The van der Waals surface area contributed by atoms with Gasteiger partial charge < -0.3 is 0 Å². The van der Waals surface area contributed by atoms with Crippen molar-refractivity contribution in [3.63, 3.8) is 0 Å². The number of carbonyl (C=O) groups is 1. The van der Waals surface area contributed by atoms with E-state index in [2.05, 4.69) is 20.9 Å². The fourth-order valence-electron chi connectivity index (χ4n) is 2.92. The number of alkyl halides is 3. The Morgan fingerprint density at radius 1 is 0.962 bits per heavy atom. The zero-order chi connectivity index (χ0) is 18.5. The predicted molar refractivity (Wildman–Crippen MR) is 95.3 cm³/mol. The van der Waals surface area contributed by atoms with Gasteiger partial charge in [0.25, 0.3) is 0 Å². The first kappa shape index (κ1) is 16.8.